The summed E-state index contributed by atoms with van der Waals surface area (Å²) in [6.07, 6.45) is 3.63. The number of piperidine rings is 1. The van der Waals surface area contributed by atoms with Crippen molar-refractivity contribution in [2.75, 3.05) is 36.3 Å². The number of hydrogen-bond acceptors (Lipinski definition) is 9. The van der Waals surface area contributed by atoms with Crippen LogP contribution in [0.5, 0.6) is 0 Å². The smallest absolute Gasteiger partial charge is 0.309 e. The number of benzene rings is 1. The maximum atomic E-state index is 14.6. The zero-order valence-electron chi connectivity index (χ0n) is 18.7. The zero-order valence-corrected chi connectivity index (χ0v) is 19.6. The molecule has 1 aromatic carbocycles. The van der Waals surface area contributed by atoms with Gasteiger partial charge in [0.2, 0.25) is 0 Å². The maximum Gasteiger partial charge on any atom is 0.309 e. The van der Waals surface area contributed by atoms with E-state index in [0.29, 0.717) is 44.3 Å². The Morgan fingerprint density at radius 2 is 1.97 bits per heavy atom. The second-order valence-corrected chi connectivity index (χ2v) is 10.4. The fourth-order valence-corrected chi connectivity index (χ4v) is 5.13. The van der Waals surface area contributed by atoms with E-state index in [2.05, 4.69) is 20.2 Å². The molecular weight excluding hydrogens is 451 g/mol. The molecule has 2 atom stereocenters. The van der Waals surface area contributed by atoms with Crippen LogP contribution in [0.1, 0.15) is 25.3 Å². The van der Waals surface area contributed by atoms with E-state index in [-0.39, 0.29) is 34.6 Å². The van der Waals surface area contributed by atoms with E-state index < -0.39 is 15.7 Å². The van der Waals surface area contributed by atoms with E-state index in [0.717, 1.165) is 17.9 Å². The highest BCUT2D eigenvalue weighted by atomic mass is 32.2. The average molecular weight is 479 g/mol. The molecule has 0 spiro atoms. The number of ether oxygens (including phenoxy) is 2. The minimum atomic E-state index is -3.51. The molecule has 1 aromatic heterocycles. The topological polar surface area (TPSA) is 111 Å². The van der Waals surface area contributed by atoms with Crippen molar-refractivity contribution < 1.29 is 27.1 Å². The normalized spacial score (nSPS) is 22.7. The molecule has 0 amide bonds. The Balaban J connectivity index is 1.60. The molecule has 1 N–H and O–H groups in total. The molecule has 2 bridgehead atoms. The summed E-state index contributed by atoms with van der Waals surface area (Å²) < 4.78 is 48.9. The first-order valence-corrected chi connectivity index (χ1v) is 12.7. The molecule has 4 rings (SSSR count). The predicted molar refractivity (Wildman–Crippen MR) is 120 cm³/mol. The summed E-state index contributed by atoms with van der Waals surface area (Å²) >= 11 is 0. The van der Waals surface area contributed by atoms with Crippen LogP contribution in [0, 0.1) is 18.7 Å². The lowest BCUT2D eigenvalue weighted by Crippen LogP contribution is -2.58. The Hall–Kier alpha value is -2.79. The van der Waals surface area contributed by atoms with Crippen LogP contribution in [-0.2, 0) is 24.1 Å². The highest BCUT2D eigenvalue weighted by molar-refractivity contribution is 7.90. The molecular formula is C22H27FN4O5S. The van der Waals surface area contributed by atoms with Crippen LogP contribution in [0.4, 0.5) is 21.7 Å². The molecule has 2 aromatic rings. The average Bonchev–Trinajstić information content (AvgIpc) is 2.75. The highest BCUT2D eigenvalue weighted by Crippen LogP contribution is 2.38. The third kappa shape index (κ3) is 4.79. The zero-order chi connectivity index (χ0) is 23.8. The van der Waals surface area contributed by atoms with Gasteiger partial charge >= 0.3 is 5.97 Å². The fourth-order valence-electron chi connectivity index (χ4n) is 4.50. The lowest BCUT2D eigenvalue weighted by Gasteiger charge is -2.48. The molecule has 2 fully saturated rings. The van der Waals surface area contributed by atoms with Crippen molar-refractivity contribution in [1.29, 1.82) is 0 Å². The Morgan fingerprint density at radius 3 is 2.58 bits per heavy atom. The number of anilines is 3. The van der Waals surface area contributed by atoms with Gasteiger partial charge in [-0.15, -0.1) is 0 Å². The number of sulfone groups is 1. The van der Waals surface area contributed by atoms with Crippen LogP contribution < -0.4 is 10.2 Å². The van der Waals surface area contributed by atoms with Crippen molar-refractivity contribution in [2.24, 2.45) is 5.92 Å². The number of esters is 1. The molecule has 2 aliphatic heterocycles. The molecule has 3 heterocycles. The number of fused-ring (bicyclic) bond motifs is 2. The van der Waals surface area contributed by atoms with E-state index in [9.17, 15) is 17.6 Å². The van der Waals surface area contributed by atoms with Gasteiger partial charge in [0.25, 0.3) is 0 Å². The van der Waals surface area contributed by atoms with Gasteiger partial charge in [-0.05, 0) is 44.9 Å². The number of halogens is 1. The standard InChI is InChI=1S/C22H27FN4O5S/c1-4-32-22(28)14-7-15-10-31-11-16(8-14)27(15)21-13(2)20(24-12-25-21)26-19-6-5-17(9-18(19)23)33(3,29)30/h5-6,9,12,14-16H,4,7-8,10-11H2,1-3H3,(H,24,25,26). The van der Waals surface area contributed by atoms with Crippen LogP contribution in [0.3, 0.4) is 0 Å². The Labute approximate surface area is 192 Å². The number of hydrogen-bond donors (Lipinski definition) is 1. The Kier molecular flexibility index (Phi) is 6.53. The van der Waals surface area contributed by atoms with Gasteiger partial charge in [-0.1, -0.05) is 0 Å². The summed E-state index contributed by atoms with van der Waals surface area (Å²) in [5.41, 5.74) is 0.829. The minimum Gasteiger partial charge on any atom is -0.466 e. The minimum absolute atomic E-state index is 0.0425. The van der Waals surface area contributed by atoms with Gasteiger partial charge in [-0.3, -0.25) is 4.79 Å². The first kappa shape index (κ1) is 23.4. The lowest BCUT2D eigenvalue weighted by atomic mass is 9.84. The maximum absolute atomic E-state index is 14.6. The summed E-state index contributed by atoms with van der Waals surface area (Å²) in [6.45, 7) is 4.94. The summed E-state index contributed by atoms with van der Waals surface area (Å²) in [5.74, 6) is 0.0583. The van der Waals surface area contributed by atoms with Crippen LogP contribution >= 0.6 is 0 Å². The number of rotatable bonds is 6. The second kappa shape index (κ2) is 9.22. The van der Waals surface area contributed by atoms with Gasteiger partial charge < -0.3 is 19.7 Å². The summed E-state index contributed by atoms with van der Waals surface area (Å²) in [4.78, 5) is 23.2. The fraction of sp³-hybridized carbons (Fsp3) is 0.500. The predicted octanol–water partition coefficient (Wildman–Crippen LogP) is 2.62. The van der Waals surface area contributed by atoms with Crippen LogP contribution in [0.2, 0.25) is 0 Å². The third-order valence-corrected chi connectivity index (χ3v) is 7.17. The molecule has 2 aliphatic rings. The Bertz CT molecular complexity index is 1150. The van der Waals surface area contributed by atoms with E-state index in [1.807, 2.05) is 6.92 Å². The van der Waals surface area contributed by atoms with E-state index in [4.69, 9.17) is 9.47 Å². The van der Waals surface area contributed by atoms with Gasteiger partial charge in [0.1, 0.15) is 23.8 Å². The number of nitrogens with one attached hydrogen (secondary N) is 1. The highest BCUT2D eigenvalue weighted by Gasteiger charge is 2.43. The summed E-state index contributed by atoms with van der Waals surface area (Å²) in [6, 6.07) is 3.62. The molecule has 9 nitrogen and oxygen atoms in total. The summed E-state index contributed by atoms with van der Waals surface area (Å²) in [5, 5.41) is 2.96. The van der Waals surface area contributed by atoms with Gasteiger partial charge in [0.05, 0.1) is 48.4 Å². The van der Waals surface area contributed by atoms with E-state index in [1.165, 1.54) is 18.5 Å². The molecule has 33 heavy (non-hydrogen) atoms. The number of carbonyl (C=O) groups is 1. The first-order chi connectivity index (χ1) is 15.7. The molecule has 0 aliphatic carbocycles. The molecule has 11 heteroatoms. The number of aromatic nitrogens is 2. The quantitative estimate of drug-likeness (QED) is 0.626. The molecule has 0 radical (unpaired) electrons. The number of nitrogens with zero attached hydrogens (tertiary/aromatic N) is 3. The molecule has 2 unspecified atom stereocenters. The summed E-state index contributed by atoms with van der Waals surface area (Å²) in [7, 11) is -3.51. The number of carbonyl (C=O) groups excluding carboxylic acids is 1. The van der Waals surface area contributed by atoms with E-state index >= 15 is 0 Å². The first-order valence-electron chi connectivity index (χ1n) is 10.8. The molecule has 178 valence electrons. The van der Waals surface area contributed by atoms with Crippen molar-refractivity contribution in [3.8, 4) is 0 Å². The largest absolute Gasteiger partial charge is 0.466 e. The Morgan fingerprint density at radius 1 is 1.27 bits per heavy atom. The van der Waals surface area contributed by atoms with E-state index in [1.54, 1.807) is 6.92 Å². The van der Waals surface area contributed by atoms with Crippen molar-refractivity contribution in [3.63, 3.8) is 0 Å². The second-order valence-electron chi connectivity index (χ2n) is 8.38. The SMILES string of the molecule is CCOC(=O)C1CC2COCC(C1)N2c1ncnc(Nc2ccc(S(C)(=O)=O)cc2F)c1C. The van der Waals surface area contributed by atoms with Gasteiger partial charge in [-0.25, -0.2) is 22.8 Å². The lowest BCUT2D eigenvalue weighted by molar-refractivity contribution is -0.150. The van der Waals surface area contributed by atoms with Gasteiger partial charge in [-0.2, -0.15) is 0 Å². The van der Waals surface area contributed by atoms with Crippen molar-refractivity contribution in [2.45, 2.75) is 43.7 Å². The third-order valence-electron chi connectivity index (χ3n) is 6.06. The molecule has 0 saturated carbocycles. The van der Waals surface area contributed by atoms with Crippen molar-refractivity contribution in [1.82, 2.24) is 9.97 Å². The van der Waals surface area contributed by atoms with Crippen molar-refractivity contribution in [3.05, 3.63) is 35.9 Å². The van der Waals surface area contributed by atoms with Gasteiger partial charge in [0, 0.05) is 11.8 Å². The van der Waals surface area contributed by atoms with Crippen LogP contribution in [-0.4, -0.2) is 62.5 Å². The molecule has 2 saturated heterocycles. The van der Waals surface area contributed by atoms with Crippen molar-refractivity contribution >= 4 is 33.1 Å². The van der Waals surface area contributed by atoms with Crippen LogP contribution in [0.15, 0.2) is 29.4 Å². The van der Waals surface area contributed by atoms with Crippen LogP contribution in [0.25, 0.3) is 0 Å². The number of morpholine rings is 1. The van der Waals surface area contributed by atoms with Gasteiger partial charge in [0.15, 0.2) is 9.84 Å². The monoisotopic (exact) mass is 478 g/mol.